The van der Waals surface area contributed by atoms with Gasteiger partial charge in [-0.2, -0.15) is 12.6 Å². The lowest BCUT2D eigenvalue weighted by atomic mass is 9.80. The van der Waals surface area contributed by atoms with Crippen LogP contribution in [0.25, 0.3) is 0 Å². The third-order valence-electron chi connectivity index (χ3n) is 3.52. The molecule has 0 aromatic rings. The molecule has 3 heteroatoms. The number of hydrogen-bond acceptors (Lipinski definition) is 3. The van der Waals surface area contributed by atoms with E-state index in [0.717, 1.165) is 31.4 Å². The highest BCUT2D eigenvalue weighted by Crippen LogP contribution is 2.42. The number of nitrogens with zero attached hydrogens (tertiary/aromatic N) is 1. The van der Waals surface area contributed by atoms with E-state index in [0.29, 0.717) is 11.5 Å². The van der Waals surface area contributed by atoms with E-state index in [2.05, 4.69) is 31.4 Å². The van der Waals surface area contributed by atoms with Gasteiger partial charge in [0.25, 0.3) is 0 Å². The van der Waals surface area contributed by atoms with E-state index in [1.165, 1.54) is 6.54 Å². The van der Waals surface area contributed by atoms with Crippen molar-refractivity contribution in [1.29, 1.82) is 0 Å². The molecule has 0 radical (unpaired) electrons. The van der Waals surface area contributed by atoms with Crippen LogP contribution >= 0.6 is 12.6 Å². The highest BCUT2D eigenvalue weighted by molar-refractivity contribution is 7.80. The maximum atomic E-state index is 5.56. The zero-order valence-corrected chi connectivity index (χ0v) is 9.39. The fourth-order valence-electron chi connectivity index (χ4n) is 2.78. The zero-order chi connectivity index (χ0) is 9.47. The summed E-state index contributed by atoms with van der Waals surface area (Å²) in [5, 5.41) is 0. The van der Waals surface area contributed by atoms with Gasteiger partial charge in [-0.05, 0) is 5.41 Å². The van der Waals surface area contributed by atoms with E-state index in [4.69, 9.17) is 4.74 Å². The van der Waals surface area contributed by atoms with Crippen molar-refractivity contribution in [1.82, 2.24) is 4.90 Å². The van der Waals surface area contributed by atoms with Crippen molar-refractivity contribution in [2.24, 2.45) is 11.3 Å². The van der Waals surface area contributed by atoms with Gasteiger partial charge in [0.05, 0.1) is 13.2 Å². The van der Waals surface area contributed by atoms with Gasteiger partial charge in [-0.1, -0.05) is 13.8 Å². The van der Waals surface area contributed by atoms with E-state index in [-0.39, 0.29) is 0 Å². The molecular weight excluding hydrogens is 182 g/mol. The first-order valence-electron chi connectivity index (χ1n) is 5.08. The van der Waals surface area contributed by atoms with Gasteiger partial charge >= 0.3 is 0 Å². The lowest BCUT2D eigenvalue weighted by molar-refractivity contribution is 0.122. The van der Waals surface area contributed by atoms with Gasteiger partial charge in [0.15, 0.2) is 0 Å². The van der Waals surface area contributed by atoms with Gasteiger partial charge in [-0.25, -0.2) is 0 Å². The predicted octanol–water partition coefficient (Wildman–Crippen LogP) is 1.27. The average molecular weight is 201 g/mol. The Kier molecular flexibility index (Phi) is 2.60. The summed E-state index contributed by atoms with van der Waals surface area (Å²) in [4.78, 5) is 2.55. The maximum Gasteiger partial charge on any atom is 0.0625 e. The van der Waals surface area contributed by atoms with Gasteiger partial charge in [0, 0.05) is 30.8 Å². The molecule has 13 heavy (non-hydrogen) atoms. The number of thiol groups is 1. The molecule has 2 aliphatic rings. The quantitative estimate of drug-likeness (QED) is 0.676. The summed E-state index contributed by atoms with van der Waals surface area (Å²) in [6.07, 6.45) is 0. The molecule has 0 amide bonds. The Morgan fingerprint density at radius 1 is 1.46 bits per heavy atom. The molecule has 2 heterocycles. The summed E-state index contributed by atoms with van der Waals surface area (Å²) in [5.74, 6) is 1.70. The molecule has 2 fully saturated rings. The van der Waals surface area contributed by atoms with Gasteiger partial charge in [0.2, 0.25) is 0 Å². The number of fused-ring (bicyclic) bond motifs is 1. The second-order valence-corrected chi connectivity index (χ2v) is 5.34. The van der Waals surface area contributed by atoms with Crippen LogP contribution in [0.15, 0.2) is 0 Å². The predicted molar refractivity (Wildman–Crippen MR) is 57.3 cm³/mol. The Labute approximate surface area is 86.0 Å². The van der Waals surface area contributed by atoms with Crippen molar-refractivity contribution in [2.45, 2.75) is 19.9 Å². The monoisotopic (exact) mass is 201 g/mol. The van der Waals surface area contributed by atoms with Crippen LogP contribution in [0.5, 0.6) is 0 Å². The Morgan fingerprint density at radius 2 is 2.23 bits per heavy atom. The van der Waals surface area contributed by atoms with Gasteiger partial charge in [0.1, 0.15) is 0 Å². The van der Waals surface area contributed by atoms with Crippen molar-refractivity contribution in [3.63, 3.8) is 0 Å². The largest absolute Gasteiger partial charge is 0.379 e. The van der Waals surface area contributed by atoms with E-state index in [1.54, 1.807) is 0 Å². The molecule has 0 N–H and O–H groups in total. The molecule has 2 atom stereocenters. The summed E-state index contributed by atoms with van der Waals surface area (Å²) < 4.78 is 5.56. The first kappa shape index (κ1) is 9.81. The minimum atomic E-state index is 0.435. The second-order valence-electron chi connectivity index (χ2n) is 4.89. The van der Waals surface area contributed by atoms with E-state index < -0.39 is 0 Å². The lowest BCUT2D eigenvalue weighted by Crippen LogP contribution is -2.34. The first-order chi connectivity index (χ1) is 6.15. The average Bonchev–Trinajstić information content (AvgIpc) is 2.57. The number of hydrogen-bond donors (Lipinski definition) is 1. The molecule has 0 aromatic heterocycles. The lowest BCUT2D eigenvalue weighted by Gasteiger charge is -2.23. The Hall–Kier alpha value is 0.270. The van der Waals surface area contributed by atoms with Crippen LogP contribution < -0.4 is 0 Å². The van der Waals surface area contributed by atoms with Crippen molar-refractivity contribution in [3.05, 3.63) is 0 Å². The zero-order valence-electron chi connectivity index (χ0n) is 8.49. The van der Waals surface area contributed by atoms with Crippen LogP contribution in [0, 0.1) is 11.3 Å². The summed E-state index contributed by atoms with van der Waals surface area (Å²) >= 11 is 4.30. The van der Waals surface area contributed by atoms with E-state index >= 15 is 0 Å². The molecular formula is C10H19NOS. The van der Waals surface area contributed by atoms with Crippen LogP contribution in [0.3, 0.4) is 0 Å². The molecule has 2 aliphatic heterocycles. The van der Waals surface area contributed by atoms with Crippen LogP contribution in [0.1, 0.15) is 13.8 Å². The van der Waals surface area contributed by atoms with Crippen LogP contribution in [-0.4, -0.2) is 43.0 Å². The van der Waals surface area contributed by atoms with Crippen molar-refractivity contribution < 1.29 is 4.74 Å². The number of likely N-dealkylation sites (tertiary alicyclic amines) is 1. The number of rotatable bonds is 2. The Morgan fingerprint density at radius 3 is 2.92 bits per heavy atom. The normalized spacial score (nSPS) is 38.1. The summed E-state index contributed by atoms with van der Waals surface area (Å²) in [6, 6.07) is 0.669. The third-order valence-corrected chi connectivity index (χ3v) is 3.72. The number of ether oxygens (including phenoxy) is 1. The molecule has 2 unspecified atom stereocenters. The van der Waals surface area contributed by atoms with E-state index in [9.17, 15) is 0 Å². The standard InChI is InChI=1S/C10H19NOS/c1-10(2)7-11(3-4-13)9-6-12-5-8(9)10/h8-9,13H,3-7H2,1-2H3. The minimum absolute atomic E-state index is 0.435. The summed E-state index contributed by atoms with van der Waals surface area (Å²) in [7, 11) is 0. The molecule has 0 bridgehead atoms. The van der Waals surface area contributed by atoms with Crippen molar-refractivity contribution in [2.75, 3.05) is 32.1 Å². The Bertz CT molecular complexity index is 195. The smallest absolute Gasteiger partial charge is 0.0625 e. The van der Waals surface area contributed by atoms with Crippen molar-refractivity contribution >= 4 is 12.6 Å². The summed E-state index contributed by atoms with van der Waals surface area (Å²) in [5.41, 5.74) is 0.435. The van der Waals surface area contributed by atoms with Crippen LogP contribution in [0.2, 0.25) is 0 Å². The Balaban J connectivity index is 2.09. The van der Waals surface area contributed by atoms with Crippen LogP contribution in [-0.2, 0) is 4.74 Å². The third kappa shape index (κ3) is 1.62. The topological polar surface area (TPSA) is 12.5 Å². The molecule has 2 saturated heterocycles. The molecule has 0 aliphatic carbocycles. The van der Waals surface area contributed by atoms with Crippen molar-refractivity contribution in [3.8, 4) is 0 Å². The first-order valence-corrected chi connectivity index (χ1v) is 5.71. The molecule has 76 valence electrons. The van der Waals surface area contributed by atoms with E-state index in [1.807, 2.05) is 0 Å². The summed E-state index contributed by atoms with van der Waals surface area (Å²) in [6.45, 7) is 8.93. The van der Waals surface area contributed by atoms with Gasteiger partial charge in [-0.3, -0.25) is 4.90 Å². The fraction of sp³-hybridized carbons (Fsp3) is 1.00. The van der Waals surface area contributed by atoms with Gasteiger partial charge < -0.3 is 4.74 Å². The molecule has 0 saturated carbocycles. The molecule has 2 nitrogen and oxygen atoms in total. The maximum absolute atomic E-state index is 5.56. The van der Waals surface area contributed by atoms with Gasteiger partial charge in [-0.15, -0.1) is 0 Å². The molecule has 0 spiro atoms. The molecule has 2 rings (SSSR count). The minimum Gasteiger partial charge on any atom is -0.379 e. The molecule has 0 aromatic carbocycles. The second kappa shape index (κ2) is 3.44. The SMILES string of the molecule is CC1(C)CN(CCS)C2COCC21. The highest BCUT2D eigenvalue weighted by atomic mass is 32.1. The fourth-order valence-corrected chi connectivity index (χ4v) is 3.04. The van der Waals surface area contributed by atoms with Crippen LogP contribution in [0.4, 0.5) is 0 Å². The highest BCUT2D eigenvalue weighted by Gasteiger charge is 2.49.